The van der Waals surface area contributed by atoms with E-state index in [2.05, 4.69) is 38.3 Å². The van der Waals surface area contributed by atoms with Gasteiger partial charge in [0.1, 0.15) is 0 Å². The van der Waals surface area contributed by atoms with Crippen molar-refractivity contribution in [2.24, 2.45) is 0 Å². The molecule has 1 atom stereocenters. The van der Waals surface area contributed by atoms with Gasteiger partial charge in [0.15, 0.2) is 5.82 Å². The molecule has 1 heterocycles. The molecule has 0 bridgehead atoms. The van der Waals surface area contributed by atoms with Crippen LogP contribution in [-0.2, 0) is 6.42 Å². The molecular weight excluding hydrogens is 318 g/mol. The minimum Gasteiger partial charge on any atom is -0.334 e. The predicted octanol–water partition coefficient (Wildman–Crippen LogP) is 3.07. The lowest BCUT2D eigenvalue weighted by Crippen LogP contribution is -2.24. The second kappa shape index (κ2) is 6.87. The molecule has 0 saturated heterocycles. The first-order valence-electron chi connectivity index (χ1n) is 5.45. The van der Waals surface area contributed by atoms with E-state index in [-0.39, 0.29) is 12.4 Å². The summed E-state index contributed by atoms with van der Waals surface area (Å²) >= 11 is 3.39. The molecule has 0 radical (unpaired) electrons. The molecule has 1 N–H and O–H groups in total. The molecule has 1 unspecified atom stereocenters. The third kappa shape index (κ3) is 3.80. The van der Waals surface area contributed by atoms with Crippen LogP contribution in [0.4, 0.5) is 0 Å². The van der Waals surface area contributed by atoms with Crippen LogP contribution in [0, 0.1) is 0 Å². The Morgan fingerprint density at radius 3 is 2.61 bits per heavy atom. The summed E-state index contributed by atoms with van der Waals surface area (Å²) in [5.74, 6) is 1.29. The van der Waals surface area contributed by atoms with Crippen LogP contribution in [0.3, 0.4) is 0 Å². The molecule has 2 aromatic rings. The molecule has 0 spiro atoms. The van der Waals surface area contributed by atoms with Crippen molar-refractivity contribution >= 4 is 28.3 Å². The van der Waals surface area contributed by atoms with E-state index in [1.165, 1.54) is 0 Å². The molecule has 0 aliphatic carbocycles. The number of hydrogen-bond donors (Lipinski definition) is 1. The second-order valence-electron chi connectivity index (χ2n) is 3.92. The molecule has 2 rings (SSSR count). The quantitative estimate of drug-likeness (QED) is 0.935. The molecule has 18 heavy (non-hydrogen) atoms. The van der Waals surface area contributed by atoms with Gasteiger partial charge in [-0.25, -0.2) is 0 Å². The van der Waals surface area contributed by atoms with Crippen LogP contribution in [0.1, 0.15) is 12.7 Å². The lowest BCUT2D eigenvalue weighted by atomic mass is 10.2. The summed E-state index contributed by atoms with van der Waals surface area (Å²) in [5, 5.41) is 7.11. The van der Waals surface area contributed by atoms with Crippen LogP contribution in [0.2, 0.25) is 0 Å². The maximum atomic E-state index is 5.23. The molecule has 4 nitrogen and oxygen atoms in total. The normalized spacial score (nSPS) is 11.9. The lowest BCUT2D eigenvalue weighted by Gasteiger charge is -2.04. The summed E-state index contributed by atoms with van der Waals surface area (Å²) in [4.78, 5) is 4.37. The maximum Gasteiger partial charge on any atom is 0.257 e. The Morgan fingerprint density at radius 2 is 2.00 bits per heavy atom. The Labute approximate surface area is 121 Å². The highest BCUT2D eigenvalue weighted by atomic mass is 79.9. The molecule has 1 aromatic heterocycles. The summed E-state index contributed by atoms with van der Waals surface area (Å²) in [6, 6.07) is 8.14. The smallest absolute Gasteiger partial charge is 0.257 e. The Morgan fingerprint density at radius 1 is 1.33 bits per heavy atom. The predicted molar refractivity (Wildman–Crippen MR) is 76.9 cm³/mol. The maximum absolute atomic E-state index is 5.23. The second-order valence-corrected chi connectivity index (χ2v) is 4.83. The van der Waals surface area contributed by atoms with Crippen LogP contribution >= 0.6 is 28.3 Å². The number of rotatable bonds is 4. The first-order chi connectivity index (χ1) is 8.19. The summed E-state index contributed by atoms with van der Waals surface area (Å²) in [6.45, 7) is 2.08. The van der Waals surface area contributed by atoms with Crippen molar-refractivity contribution in [1.82, 2.24) is 15.5 Å². The van der Waals surface area contributed by atoms with Crippen LogP contribution in [-0.4, -0.2) is 23.2 Å². The molecule has 0 amide bonds. The zero-order chi connectivity index (χ0) is 12.3. The molecule has 98 valence electrons. The zero-order valence-corrected chi connectivity index (χ0v) is 12.6. The average molecular weight is 333 g/mol. The van der Waals surface area contributed by atoms with Gasteiger partial charge in [-0.1, -0.05) is 21.1 Å². The highest BCUT2D eigenvalue weighted by Gasteiger charge is 2.10. The number of likely N-dealkylation sites (N-methyl/N-ethyl adjacent to an activating group) is 1. The Hall–Kier alpha value is -0.910. The van der Waals surface area contributed by atoms with Gasteiger partial charge in [-0.2, -0.15) is 4.98 Å². The van der Waals surface area contributed by atoms with Crippen LogP contribution in [0.25, 0.3) is 11.5 Å². The topological polar surface area (TPSA) is 51.0 Å². The van der Waals surface area contributed by atoms with Crippen LogP contribution in [0.5, 0.6) is 0 Å². The van der Waals surface area contributed by atoms with Crippen molar-refractivity contribution in [3.05, 3.63) is 34.6 Å². The number of halogens is 2. The fourth-order valence-corrected chi connectivity index (χ4v) is 1.69. The molecule has 0 saturated carbocycles. The van der Waals surface area contributed by atoms with Gasteiger partial charge >= 0.3 is 0 Å². The SMILES string of the molecule is CNC(C)Cc1noc(-c2ccc(Br)cc2)n1.Cl. The third-order valence-corrected chi connectivity index (χ3v) is 3.07. The number of hydrogen-bond acceptors (Lipinski definition) is 4. The van der Waals surface area contributed by atoms with Crippen molar-refractivity contribution in [2.45, 2.75) is 19.4 Å². The first-order valence-corrected chi connectivity index (χ1v) is 6.24. The molecule has 0 aliphatic rings. The van der Waals surface area contributed by atoms with Gasteiger partial charge in [-0.3, -0.25) is 0 Å². The van der Waals surface area contributed by atoms with Crippen molar-refractivity contribution in [1.29, 1.82) is 0 Å². The fourth-order valence-electron chi connectivity index (χ4n) is 1.42. The molecular formula is C12H15BrClN3O. The highest BCUT2D eigenvalue weighted by molar-refractivity contribution is 9.10. The van der Waals surface area contributed by atoms with Gasteiger partial charge < -0.3 is 9.84 Å². The van der Waals surface area contributed by atoms with E-state index in [4.69, 9.17) is 4.52 Å². The lowest BCUT2D eigenvalue weighted by molar-refractivity contribution is 0.418. The number of nitrogens with zero attached hydrogens (tertiary/aromatic N) is 2. The Kier molecular flexibility index (Phi) is 5.78. The average Bonchev–Trinajstić information content (AvgIpc) is 2.78. The Balaban J connectivity index is 0.00000162. The van der Waals surface area contributed by atoms with Gasteiger partial charge in [0, 0.05) is 22.5 Å². The van der Waals surface area contributed by atoms with E-state index in [0.29, 0.717) is 11.9 Å². The van der Waals surface area contributed by atoms with Gasteiger partial charge in [0.25, 0.3) is 5.89 Å². The van der Waals surface area contributed by atoms with Gasteiger partial charge in [-0.05, 0) is 38.2 Å². The summed E-state index contributed by atoms with van der Waals surface area (Å²) in [7, 11) is 1.92. The standard InChI is InChI=1S/C12H14BrN3O.ClH/c1-8(14-2)7-11-15-12(17-16-11)9-3-5-10(13)6-4-9;/h3-6,8,14H,7H2,1-2H3;1H. The van der Waals surface area contributed by atoms with Crippen molar-refractivity contribution in [3.8, 4) is 11.5 Å². The van der Waals surface area contributed by atoms with Gasteiger partial charge in [0.05, 0.1) is 0 Å². The minimum absolute atomic E-state index is 0. The molecule has 1 aromatic carbocycles. The minimum atomic E-state index is 0. The van der Waals surface area contributed by atoms with Gasteiger partial charge in [0.2, 0.25) is 0 Å². The molecule has 0 fully saturated rings. The summed E-state index contributed by atoms with van der Waals surface area (Å²) in [6.07, 6.45) is 0.760. The van der Waals surface area contributed by atoms with Crippen LogP contribution < -0.4 is 5.32 Å². The van der Waals surface area contributed by atoms with E-state index in [1.54, 1.807) is 0 Å². The largest absolute Gasteiger partial charge is 0.334 e. The number of aromatic nitrogens is 2. The van der Waals surface area contributed by atoms with Crippen LogP contribution in [0.15, 0.2) is 33.3 Å². The van der Waals surface area contributed by atoms with E-state index in [0.717, 1.165) is 22.3 Å². The molecule has 6 heteroatoms. The van der Waals surface area contributed by atoms with Crippen molar-refractivity contribution in [2.75, 3.05) is 7.05 Å². The number of benzene rings is 1. The van der Waals surface area contributed by atoms with E-state index < -0.39 is 0 Å². The van der Waals surface area contributed by atoms with E-state index in [1.807, 2.05) is 31.3 Å². The number of nitrogens with one attached hydrogen (secondary N) is 1. The van der Waals surface area contributed by atoms with Crippen molar-refractivity contribution < 1.29 is 4.52 Å². The molecule has 0 aliphatic heterocycles. The van der Waals surface area contributed by atoms with E-state index >= 15 is 0 Å². The first kappa shape index (κ1) is 15.1. The van der Waals surface area contributed by atoms with Gasteiger partial charge in [-0.15, -0.1) is 12.4 Å². The van der Waals surface area contributed by atoms with Crippen molar-refractivity contribution in [3.63, 3.8) is 0 Å². The Bertz CT molecular complexity index is 486. The zero-order valence-electron chi connectivity index (χ0n) is 10.2. The summed E-state index contributed by atoms with van der Waals surface area (Å²) < 4.78 is 6.26. The summed E-state index contributed by atoms with van der Waals surface area (Å²) in [5.41, 5.74) is 0.934. The third-order valence-electron chi connectivity index (χ3n) is 2.54. The highest BCUT2D eigenvalue weighted by Crippen LogP contribution is 2.20. The monoisotopic (exact) mass is 331 g/mol. The van der Waals surface area contributed by atoms with E-state index in [9.17, 15) is 0 Å². The fraction of sp³-hybridized carbons (Fsp3) is 0.333.